The van der Waals surface area contributed by atoms with E-state index in [1.165, 1.54) is 31.4 Å². The molecule has 1 amide bonds. The van der Waals surface area contributed by atoms with Crippen LogP contribution in [0.1, 0.15) is 16.8 Å². The maximum absolute atomic E-state index is 12.0. The van der Waals surface area contributed by atoms with E-state index in [-0.39, 0.29) is 17.7 Å². The second-order valence-electron chi connectivity index (χ2n) is 4.11. The quantitative estimate of drug-likeness (QED) is 0.758. The molecule has 1 aromatic carbocycles. The van der Waals surface area contributed by atoms with Gasteiger partial charge in [-0.25, -0.2) is 0 Å². The van der Waals surface area contributed by atoms with E-state index in [0.29, 0.717) is 25.1 Å². The molecule has 1 rings (SSSR count). The molecule has 0 radical (unpaired) electrons. The molecule has 112 valence electrons. The predicted molar refractivity (Wildman–Crippen MR) is 69.9 cm³/mol. The number of carbonyl (C=O) groups is 1. The van der Waals surface area contributed by atoms with Gasteiger partial charge in [0, 0.05) is 12.7 Å². The van der Waals surface area contributed by atoms with Gasteiger partial charge in [-0.15, -0.1) is 0 Å². The molecule has 5 nitrogen and oxygen atoms in total. The van der Waals surface area contributed by atoms with Crippen LogP contribution in [0.3, 0.4) is 0 Å². The summed E-state index contributed by atoms with van der Waals surface area (Å²) >= 11 is 0. The summed E-state index contributed by atoms with van der Waals surface area (Å²) in [5.41, 5.74) is 5.80. The van der Waals surface area contributed by atoms with Crippen LogP contribution in [-0.4, -0.2) is 38.8 Å². The lowest BCUT2D eigenvalue weighted by Gasteiger charge is -2.17. The zero-order chi connectivity index (χ0) is 15.0. The lowest BCUT2D eigenvalue weighted by Crippen LogP contribution is -2.39. The van der Waals surface area contributed by atoms with Gasteiger partial charge in [-0.2, -0.15) is 8.78 Å². The van der Waals surface area contributed by atoms with Gasteiger partial charge in [0.1, 0.15) is 5.75 Å². The van der Waals surface area contributed by atoms with Gasteiger partial charge in [0.2, 0.25) is 0 Å². The zero-order valence-corrected chi connectivity index (χ0v) is 11.1. The third-order valence-electron chi connectivity index (χ3n) is 2.56. The minimum absolute atomic E-state index is 0.00643. The summed E-state index contributed by atoms with van der Waals surface area (Å²) < 4.78 is 33.2. The molecule has 0 aliphatic rings. The first-order valence-electron chi connectivity index (χ1n) is 6.11. The van der Waals surface area contributed by atoms with Gasteiger partial charge < -0.3 is 20.5 Å². The van der Waals surface area contributed by atoms with Crippen molar-refractivity contribution in [3.05, 3.63) is 29.8 Å². The number of nitrogens with one attached hydrogen (secondary N) is 1. The van der Waals surface area contributed by atoms with E-state index in [2.05, 4.69) is 10.1 Å². The van der Waals surface area contributed by atoms with Crippen molar-refractivity contribution in [3.63, 3.8) is 0 Å². The molecule has 0 saturated carbocycles. The third-order valence-corrected chi connectivity index (χ3v) is 2.56. The molecule has 1 atom stereocenters. The van der Waals surface area contributed by atoms with Crippen molar-refractivity contribution in [2.45, 2.75) is 19.1 Å². The third kappa shape index (κ3) is 5.50. The molecule has 20 heavy (non-hydrogen) atoms. The normalized spacial score (nSPS) is 12.2. The minimum Gasteiger partial charge on any atom is -0.435 e. The molecule has 1 aromatic rings. The average Bonchev–Trinajstić information content (AvgIpc) is 2.39. The number of hydrogen-bond donors (Lipinski definition) is 2. The van der Waals surface area contributed by atoms with Crippen molar-refractivity contribution in [3.8, 4) is 5.75 Å². The fourth-order valence-electron chi connectivity index (χ4n) is 1.66. The minimum atomic E-state index is -2.88. The molecule has 0 aliphatic carbocycles. The van der Waals surface area contributed by atoms with Crippen LogP contribution in [-0.2, 0) is 4.74 Å². The highest BCUT2D eigenvalue weighted by molar-refractivity contribution is 5.94. The van der Waals surface area contributed by atoms with Gasteiger partial charge in [0.25, 0.3) is 5.91 Å². The van der Waals surface area contributed by atoms with Gasteiger partial charge in [-0.05, 0) is 37.2 Å². The summed E-state index contributed by atoms with van der Waals surface area (Å²) in [6.07, 6.45) is 0.589. The van der Waals surface area contributed by atoms with Crippen LogP contribution in [0.15, 0.2) is 24.3 Å². The summed E-state index contributed by atoms with van der Waals surface area (Å²) in [6.45, 7) is -2.10. The molecule has 0 bridgehead atoms. The van der Waals surface area contributed by atoms with Crippen LogP contribution in [0.5, 0.6) is 5.75 Å². The Labute approximate surface area is 116 Å². The lowest BCUT2D eigenvalue weighted by atomic mass is 10.1. The summed E-state index contributed by atoms with van der Waals surface area (Å²) in [7, 11) is 1.53. The molecule has 3 N–H and O–H groups in total. The SMILES string of the molecule is COCC(CCN)NC(=O)c1ccc(OC(F)F)cc1. The molecule has 1 unspecified atom stereocenters. The van der Waals surface area contributed by atoms with E-state index in [1.54, 1.807) is 0 Å². The molecule has 0 saturated heterocycles. The number of amides is 1. The van der Waals surface area contributed by atoms with Crippen LogP contribution in [0.2, 0.25) is 0 Å². The topological polar surface area (TPSA) is 73.6 Å². The van der Waals surface area contributed by atoms with Crippen LogP contribution in [0.4, 0.5) is 8.78 Å². The number of hydrogen-bond acceptors (Lipinski definition) is 4. The molecule has 0 heterocycles. The van der Waals surface area contributed by atoms with E-state index < -0.39 is 6.61 Å². The van der Waals surface area contributed by atoms with Gasteiger partial charge in [-0.1, -0.05) is 0 Å². The van der Waals surface area contributed by atoms with Crippen LogP contribution >= 0.6 is 0 Å². The molecule has 0 fully saturated rings. The summed E-state index contributed by atoms with van der Waals surface area (Å²) in [6, 6.07) is 5.28. The van der Waals surface area contributed by atoms with E-state index in [0.717, 1.165) is 0 Å². The maximum Gasteiger partial charge on any atom is 0.387 e. The number of ether oxygens (including phenoxy) is 2. The Morgan fingerprint density at radius 1 is 1.35 bits per heavy atom. The number of nitrogens with two attached hydrogens (primary N) is 1. The number of halogens is 2. The Morgan fingerprint density at radius 3 is 2.50 bits per heavy atom. The molecule has 0 spiro atoms. The Hall–Kier alpha value is -1.73. The van der Waals surface area contributed by atoms with E-state index in [9.17, 15) is 13.6 Å². The number of carbonyl (C=O) groups excluding carboxylic acids is 1. The van der Waals surface area contributed by atoms with Gasteiger partial charge in [0.05, 0.1) is 12.6 Å². The Morgan fingerprint density at radius 2 is 2.00 bits per heavy atom. The van der Waals surface area contributed by atoms with E-state index in [4.69, 9.17) is 10.5 Å². The Kier molecular flexibility index (Phi) is 6.89. The molecular weight excluding hydrogens is 270 g/mol. The molecule has 0 aromatic heterocycles. The maximum atomic E-state index is 12.0. The van der Waals surface area contributed by atoms with E-state index >= 15 is 0 Å². The van der Waals surface area contributed by atoms with Crippen molar-refractivity contribution in [2.24, 2.45) is 5.73 Å². The summed E-state index contributed by atoms with van der Waals surface area (Å²) in [5, 5.41) is 2.76. The van der Waals surface area contributed by atoms with E-state index in [1.807, 2.05) is 0 Å². The van der Waals surface area contributed by atoms with Crippen molar-refractivity contribution in [1.29, 1.82) is 0 Å². The molecular formula is C13H18F2N2O3. The van der Waals surface area contributed by atoms with Crippen LogP contribution in [0, 0.1) is 0 Å². The van der Waals surface area contributed by atoms with Crippen LogP contribution < -0.4 is 15.8 Å². The molecule has 0 aliphatic heterocycles. The van der Waals surface area contributed by atoms with Crippen molar-refractivity contribution in [1.82, 2.24) is 5.32 Å². The Bertz CT molecular complexity index is 407. The summed E-state index contributed by atoms with van der Waals surface area (Å²) in [5.74, 6) is -0.309. The van der Waals surface area contributed by atoms with Gasteiger partial charge in [0.15, 0.2) is 0 Å². The number of methoxy groups -OCH3 is 1. The monoisotopic (exact) mass is 288 g/mol. The first-order chi connectivity index (χ1) is 9.56. The predicted octanol–water partition coefficient (Wildman–Crippen LogP) is 1.38. The smallest absolute Gasteiger partial charge is 0.387 e. The second-order valence-corrected chi connectivity index (χ2v) is 4.11. The highest BCUT2D eigenvalue weighted by Gasteiger charge is 2.13. The highest BCUT2D eigenvalue weighted by atomic mass is 19.3. The zero-order valence-electron chi connectivity index (χ0n) is 11.1. The van der Waals surface area contributed by atoms with Gasteiger partial charge in [-0.3, -0.25) is 4.79 Å². The largest absolute Gasteiger partial charge is 0.435 e. The summed E-state index contributed by atoms with van der Waals surface area (Å²) in [4.78, 5) is 11.9. The second kappa shape index (κ2) is 8.44. The first kappa shape index (κ1) is 16.3. The fourth-order valence-corrected chi connectivity index (χ4v) is 1.66. The fraction of sp³-hybridized carbons (Fsp3) is 0.462. The van der Waals surface area contributed by atoms with Crippen molar-refractivity contribution < 1.29 is 23.0 Å². The number of benzene rings is 1. The lowest BCUT2D eigenvalue weighted by molar-refractivity contribution is -0.0498. The van der Waals surface area contributed by atoms with Gasteiger partial charge >= 0.3 is 6.61 Å². The van der Waals surface area contributed by atoms with Crippen LogP contribution in [0.25, 0.3) is 0 Å². The highest BCUT2D eigenvalue weighted by Crippen LogP contribution is 2.15. The average molecular weight is 288 g/mol. The molecule has 7 heteroatoms. The number of alkyl halides is 2. The van der Waals surface area contributed by atoms with Crippen molar-refractivity contribution in [2.75, 3.05) is 20.3 Å². The number of rotatable bonds is 8. The van der Waals surface area contributed by atoms with Crippen molar-refractivity contribution >= 4 is 5.91 Å². The standard InChI is InChI=1S/C13H18F2N2O3/c1-19-8-10(6-7-16)17-12(18)9-2-4-11(5-3-9)20-13(14)15/h2-5,10,13H,6-8,16H2,1H3,(H,17,18). The Balaban J connectivity index is 2.62. The first-order valence-corrected chi connectivity index (χ1v) is 6.11.